The van der Waals surface area contributed by atoms with E-state index in [0.29, 0.717) is 12.6 Å². The van der Waals surface area contributed by atoms with Crippen LogP contribution in [0.5, 0.6) is 0 Å². The summed E-state index contributed by atoms with van der Waals surface area (Å²) in [4.78, 5) is 4.66. The van der Waals surface area contributed by atoms with Gasteiger partial charge in [-0.25, -0.2) is 4.99 Å². The largest absolute Gasteiger partial charge is 0.357 e. The number of hydrogen-bond donors (Lipinski definition) is 2. The summed E-state index contributed by atoms with van der Waals surface area (Å²) in [6, 6.07) is 12.5. The first kappa shape index (κ1) is 19.8. The van der Waals surface area contributed by atoms with Crippen molar-refractivity contribution < 1.29 is 4.52 Å². The van der Waals surface area contributed by atoms with Gasteiger partial charge in [-0.3, -0.25) is 0 Å². The molecular weight excluding hydrogens is 427 g/mol. The van der Waals surface area contributed by atoms with Gasteiger partial charge in [0.05, 0.1) is 6.54 Å². The molecule has 136 valence electrons. The highest BCUT2D eigenvalue weighted by molar-refractivity contribution is 14.0. The zero-order chi connectivity index (χ0) is 16.6. The third-order valence-electron chi connectivity index (χ3n) is 4.31. The van der Waals surface area contributed by atoms with Crippen LogP contribution in [0.4, 0.5) is 0 Å². The lowest BCUT2D eigenvalue weighted by atomic mass is 9.96. The highest BCUT2D eigenvalue weighted by Crippen LogP contribution is 2.20. The molecule has 2 aromatic rings. The van der Waals surface area contributed by atoms with E-state index in [1.54, 1.807) is 0 Å². The number of hydrogen-bond acceptors (Lipinski definition) is 3. The van der Waals surface area contributed by atoms with Crippen LogP contribution in [-0.4, -0.2) is 23.7 Å². The molecule has 0 radical (unpaired) electrons. The number of halogens is 1. The summed E-state index contributed by atoms with van der Waals surface area (Å²) < 4.78 is 5.43. The van der Waals surface area contributed by atoms with Gasteiger partial charge in [0.25, 0.3) is 0 Å². The number of aromatic nitrogens is 1. The molecule has 0 aliphatic heterocycles. The topological polar surface area (TPSA) is 62.5 Å². The van der Waals surface area contributed by atoms with Crippen molar-refractivity contribution in [3.63, 3.8) is 0 Å². The molecule has 5 nitrogen and oxygen atoms in total. The van der Waals surface area contributed by atoms with Crippen molar-refractivity contribution in [1.29, 1.82) is 0 Å². The second-order valence-electron chi connectivity index (χ2n) is 6.22. The van der Waals surface area contributed by atoms with Gasteiger partial charge < -0.3 is 15.2 Å². The SMILES string of the molecule is CCNC(=NCc1cc(-c2ccccc2)on1)NC1CCCCC1.I. The summed E-state index contributed by atoms with van der Waals surface area (Å²) in [5.41, 5.74) is 1.88. The molecular formula is C19H27IN4O. The Morgan fingerprint density at radius 1 is 1.20 bits per heavy atom. The van der Waals surface area contributed by atoms with Crippen LogP contribution in [0, 0.1) is 0 Å². The van der Waals surface area contributed by atoms with Gasteiger partial charge in [-0.2, -0.15) is 0 Å². The Labute approximate surface area is 166 Å². The quantitative estimate of drug-likeness (QED) is 0.401. The minimum Gasteiger partial charge on any atom is -0.357 e. The number of nitrogens with zero attached hydrogens (tertiary/aromatic N) is 2. The van der Waals surface area contributed by atoms with E-state index in [0.717, 1.165) is 29.5 Å². The summed E-state index contributed by atoms with van der Waals surface area (Å²) in [5.74, 6) is 1.65. The maximum atomic E-state index is 5.43. The number of benzene rings is 1. The van der Waals surface area contributed by atoms with Gasteiger partial charge in [0.2, 0.25) is 0 Å². The van der Waals surface area contributed by atoms with Crippen molar-refractivity contribution in [3.05, 3.63) is 42.1 Å². The lowest BCUT2D eigenvalue weighted by molar-refractivity contribution is 0.409. The average molecular weight is 454 g/mol. The summed E-state index contributed by atoms with van der Waals surface area (Å²) >= 11 is 0. The third-order valence-corrected chi connectivity index (χ3v) is 4.31. The Bertz CT molecular complexity index is 650. The lowest BCUT2D eigenvalue weighted by Gasteiger charge is -2.24. The molecule has 25 heavy (non-hydrogen) atoms. The van der Waals surface area contributed by atoms with E-state index in [9.17, 15) is 0 Å². The van der Waals surface area contributed by atoms with Gasteiger partial charge >= 0.3 is 0 Å². The minimum absolute atomic E-state index is 0. The van der Waals surface area contributed by atoms with Crippen molar-refractivity contribution in [1.82, 2.24) is 15.8 Å². The van der Waals surface area contributed by atoms with Crippen molar-refractivity contribution in [2.75, 3.05) is 6.54 Å². The molecule has 6 heteroatoms. The van der Waals surface area contributed by atoms with Crippen LogP contribution in [0.2, 0.25) is 0 Å². The Morgan fingerprint density at radius 2 is 1.96 bits per heavy atom. The van der Waals surface area contributed by atoms with Crippen molar-refractivity contribution in [2.45, 2.75) is 51.6 Å². The first-order valence-electron chi connectivity index (χ1n) is 8.91. The van der Waals surface area contributed by atoms with Gasteiger partial charge in [0.1, 0.15) is 5.69 Å². The fourth-order valence-corrected chi connectivity index (χ4v) is 3.05. The van der Waals surface area contributed by atoms with E-state index in [4.69, 9.17) is 4.52 Å². The summed E-state index contributed by atoms with van der Waals surface area (Å²) in [5, 5.41) is 11.0. The lowest BCUT2D eigenvalue weighted by Crippen LogP contribution is -2.44. The molecule has 1 fully saturated rings. The van der Waals surface area contributed by atoms with E-state index in [2.05, 4.69) is 27.7 Å². The third kappa shape index (κ3) is 6.02. The second kappa shape index (κ2) is 10.4. The average Bonchev–Trinajstić information content (AvgIpc) is 3.11. The first-order chi connectivity index (χ1) is 11.8. The second-order valence-corrected chi connectivity index (χ2v) is 6.22. The standard InChI is InChI=1S/C19H26N4O.HI/c1-2-20-19(22-16-11-7-4-8-12-16)21-14-17-13-18(24-23-17)15-9-5-3-6-10-15;/h3,5-6,9-10,13,16H,2,4,7-8,11-12,14H2,1H3,(H2,20,21,22);1H. The molecule has 0 saturated heterocycles. The maximum Gasteiger partial charge on any atom is 0.191 e. The smallest absolute Gasteiger partial charge is 0.191 e. The van der Waals surface area contributed by atoms with Crippen LogP contribution < -0.4 is 10.6 Å². The predicted octanol–water partition coefficient (Wildman–Crippen LogP) is 4.35. The Kier molecular flexibility index (Phi) is 8.24. The molecule has 0 atom stereocenters. The highest BCUT2D eigenvalue weighted by Gasteiger charge is 2.14. The molecule has 1 heterocycles. The van der Waals surface area contributed by atoms with Gasteiger partial charge in [-0.15, -0.1) is 24.0 Å². The molecule has 1 aliphatic rings. The van der Waals surface area contributed by atoms with E-state index >= 15 is 0 Å². The zero-order valence-electron chi connectivity index (χ0n) is 14.7. The summed E-state index contributed by atoms with van der Waals surface area (Å²) in [7, 11) is 0. The van der Waals surface area contributed by atoms with Gasteiger partial charge in [-0.1, -0.05) is 54.8 Å². The van der Waals surface area contributed by atoms with Crippen LogP contribution >= 0.6 is 24.0 Å². The molecule has 1 aliphatic carbocycles. The molecule has 0 unspecified atom stereocenters. The van der Waals surface area contributed by atoms with Crippen LogP contribution in [0.15, 0.2) is 45.9 Å². The Balaban J connectivity index is 0.00000225. The monoisotopic (exact) mass is 454 g/mol. The van der Waals surface area contributed by atoms with Crippen molar-refractivity contribution in [3.8, 4) is 11.3 Å². The number of nitrogens with one attached hydrogen (secondary N) is 2. The van der Waals surface area contributed by atoms with E-state index < -0.39 is 0 Å². The van der Waals surface area contributed by atoms with Crippen molar-refractivity contribution in [2.24, 2.45) is 4.99 Å². The minimum atomic E-state index is 0. The van der Waals surface area contributed by atoms with Crippen LogP contribution in [-0.2, 0) is 6.54 Å². The molecule has 1 saturated carbocycles. The van der Waals surface area contributed by atoms with Crippen LogP contribution in [0.25, 0.3) is 11.3 Å². The fraction of sp³-hybridized carbons (Fsp3) is 0.474. The number of guanidine groups is 1. The molecule has 0 amide bonds. The molecule has 1 aromatic heterocycles. The first-order valence-corrected chi connectivity index (χ1v) is 8.91. The maximum absolute atomic E-state index is 5.43. The van der Waals surface area contributed by atoms with E-state index in [1.165, 1.54) is 32.1 Å². The predicted molar refractivity (Wildman–Crippen MR) is 112 cm³/mol. The van der Waals surface area contributed by atoms with Crippen LogP contribution in [0.1, 0.15) is 44.7 Å². The highest BCUT2D eigenvalue weighted by atomic mass is 127. The Morgan fingerprint density at radius 3 is 2.68 bits per heavy atom. The van der Waals surface area contributed by atoms with Crippen LogP contribution in [0.3, 0.4) is 0 Å². The fourth-order valence-electron chi connectivity index (χ4n) is 3.05. The molecule has 0 spiro atoms. The molecule has 3 rings (SSSR count). The normalized spacial score (nSPS) is 15.5. The molecule has 2 N–H and O–H groups in total. The molecule has 1 aromatic carbocycles. The van der Waals surface area contributed by atoms with Crippen molar-refractivity contribution >= 4 is 29.9 Å². The summed E-state index contributed by atoms with van der Waals surface area (Å²) in [6.07, 6.45) is 6.42. The van der Waals surface area contributed by atoms with Gasteiger partial charge in [0.15, 0.2) is 11.7 Å². The molecule has 0 bridgehead atoms. The zero-order valence-corrected chi connectivity index (χ0v) is 17.0. The van der Waals surface area contributed by atoms with Gasteiger partial charge in [0, 0.05) is 24.2 Å². The Hall–Kier alpha value is -1.57. The van der Waals surface area contributed by atoms with E-state index in [1.807, 2.05) is 36.4 Å². The van der Waals surface area contributed by atoms with E-state index in [-0.39, 0.29) is 24.0 Å². The number of aliphatic imine (C=N–C) groups is 1. The number of rotatable bonds is 5. The summed E-state index contributed by atoms with van der Waals surface area (Å²) in [6.45, 7) is 3.45. The van der Waals surface area contributed by atoms with Gasteiger partial charge in [-0.05, 0) is 19.8 Å².